The van der Waals surface area contributed by atoms with Gasteiger partial charge in [0.1, 0.15) is 0 Å². The van der Waals surface area contributed by atoms with Gasteiger partial charge in [0.2, 0.25) is 5.91 Å². The minimum absolute atomic E-state index is 0.0552. The molecule has 1 heterocycles. The Labute approximate surface area is 88.5 Å². The molecule has 1 aromatic heterocycles. The van der Waals surface area contributed by atoms with Gasteiger partial charge >= 0.3 is 0 Å². The Balaban J connectivity index is 2.27. The first-order valence-electron chi connectivity index (χ1n) is 4.74. The van der Waals surface area contributed by atoms with Crippen molar-refractivity contribution in [1.29, 1.82) is 0 Å². The number of nitrogens with one attached hydrogen (secondary N) is 2. The van der Waals surface area contributed by atoms with Crippen LogP contribution in [0.1, 0.15) is 17.4 Å². The standard InChI is InChI=1S/C10H16N2OS/c1-3-11-7-10(13)12-6-9-8(2)4-5-14-9/h4-5,11H,3,6-7H2,1-2H3,(H,12,13). The van der Waals surface area contributed by atoms with Gasteiger partial charge in [-0.25, -0.2) is 0 Å². The van der Waals surface area contributed by atoms with E-state index in [1.54, 1.807) is 11.3 Å². The number of hydrogen-bond donors (Lipinski definition) is 2. The number of rotatable bonds is 5. The molecule has 3 nitrogen and oxygen atoms in total. The molecule has 1 aromatic rings. The number of likely N-dealkylation sites (N-methyl/N-ethyl adjacent to an activating group) is 1. The Morgan fingerprint density at radius 1 is 1.57 bits per heavy atom. The van der Waals surface area contributed by atoms with Gasteiger partial charge in [-0.2, -0.15) is 0 Å². The van der Waals surface area contributed by atoms with E-state index in [0.717, 1.165) is 6.54 Å². The van der Waals surface area contributed by atoms with Crippen molar-refractivity contribution >= 4 is 17.2 Å². The van der Waals surface area contributed by atoms with Gasteiger partial charge in [0.25, 0.3) is 0 Å². The molecule has 0 atom stereocenters. The summed E-state index contributed by atoms with van der Waals surface area (Å²) in [6.45, 7) is 5.92. The predicted octanol–water partition coefficient (Wildman–Crippen LogP) is 1.28. The quantitative estimate of drug-likeness (QED) is 0.772. The molecule has 4 heteroatoms. The summed E-state index contributed by atoms with van der Waals surface area (Å²) in [5, 5.41) is 7.90. The number of carbonyl (C=O) groups is 1. The van der Waals surface area contributed by atoms with Crippen LogP contribution in [0, 0.1) is 6.92 Å². The Morgan fingerprint density at radius 3 is 2.93 bits per heavy atom. The van der Waals surface area contributed by atoms with E-state index in [2.05, 4.69) is 23.6 Å². The summed E-state index contributed by atoms with van der Waals surface area (Å²) in [7, 11) is 0. The lowest BCUT2D eigenvalue weighted by atomic mass is 10.3. The molecule has 0 fully saturated rings. The minimum atomic E-state index is 0.0552. The largest absolute Gasteiger partial charge is 0.350 e. The van der Waals surface area contributed by atoms with Gasteiger partial charge < -0.3 is 10.6 Å². The maximum absolute atomic E-state index is 11.2. The van der Waals surface area contributed by atoms with E-state index in [1.165, 1.54) is 10.4 Å². The molecule has 14 heavy (non-hydrogen) atoms. The van der Waals surface area contributed by atoms with Crippen LogP contribution in [0.2, 0.25) is 0 Å². The Kier molecular flexibility index (Phi) is 4.62. The maximum Gasteiger partial charge on any atom is 0.234 e. The molecule has 0 saturated carbocycles. The molecule has 0 aliphatic heterocycles. The van der Waals surface area contributed by atoms with Gasteiger partial charge in [0.15, 0.2) is 0 Å². The highest BCUT2D eigenvalue weighted by Crippen LogP contribution is 2.14. The normalized spacial score (nSPS) is 10.1. The smallest absolute Gasteiger partial charge is 0.234 e. The number of thiophene rings is 1. The van der Waals surface area contributed by atoms with Crippen LogP contribution in [0.3, 0.4) is 0 Å². The van der Waals surface area contributed by atoms with Crippen LogP contribution in [0.4, 0.5) is 0 Å². The minimum Gasteiger partial charge on any atom is -0.350 e. The topological polar surface area (TPSA) is 41.1 Å². The number of amides is 1. The Bertz CT molecular complexity index is 296. The highest BCUT2D eigenvalue weighted by molar-refractivity contribution is 7.10. The van der Waals surface area contributed by atoms with Crippen molar-refractivity contribution in [1.82, 2.24) is 10.6 Å². The van der Waals surface area contributed by atoms with Gasteiger partial charge in [0, 0.05) is 4.88 Å². The molecule has 1 amide bonds. The molecular formula is C10H16N2OS. The van der Waals surface area contributed by atoms with Crippen LogP contribution in [-0.4, -0.2) is 19.0 Å². The lowest BCUT2D eigenvalue weighted by molar-refractivity contribution is -0.120. The van der Waals surface area contributed by atoms with Crippen LogP contribution in [-0.2, 0) is 11.3 Å². The molecule has 2 N–H and O–H groups in total. The summed E-state index contributed by atoms with van der Waals surface area (Å²) in [5.74, 6) is 0.0552. The third-order valence-electron chi connectivity index (χ3n) is 1.95. The zero-order chi connectivity index (χ0) is 10.4. The van der Waals surface area contributed by atoms with Crippen molar-refractivity contribution in [3.63, 3.8) is 0 Å². The first-order valence-corrected chi connectivity index (χ1v) is 5.62. The monoisotopic (exact) mass is 212 g/mol. The highest BCUT2D eigenvalue weighted by Gasteiger charge is 2.02. The molecule has 78 valence electrons. The summed E-state index contributed by atoms with van der Waals surface area (Å²) in [5.41, 5.74) is 1.25. The summed E-state index contributed by atoms with van der Waals surface area (Å²) in [6, 6.07) is 2.07. The molecule has 0 aliphatic carbocycles. The molecule has 0 radical (unpaired) electrons. The van der Waals surface area contributed by atoms with E-state index in [0.29, 0.717) is 13.1 Å². The fraction of sp³-hybridized carbons (Fsp3) is 0.500. The van der Waals surface area contributed by atoms with E-state index >= 15 is 0 Å². The van der Waals surface area contributed by atoms with Crippen molar-refractivity contribution in [3.05, 3.63) is 21.9 Å². The zero-order valence-electron chi connectivity index (χ0n) is 8.59. The van der Waals surface area contributed by atoms with E-state index in [1.807, 2.05) is 12.3 Å². The number of hydrogen-bond acceptors (Lipinski definition) is 3. The summed E-state index contributed by atoms with van der Waals surface area (Å²) in [4.78, 5) is 12.5. The number of aryl methyl sites for hydroxylation is 1. The second-order valence-electron chi connectivity index (χ2n) is 3.08. The fourth-order valence-corrected chi connectivity index (χ4v) is 1.91. The fourth-order valence-electron chi connectivity index (χ4n) is 1.07. The lowest BCUT2D eigenvalue weighted by Gasteiger charge is -2.04. The van der Waals surface area contributed by atoms with Crippen molar-refractivity contribution in [3.8, 4) is 0 Å². The highest BCUT2D eigenvalue weighted by atomic mass is 32.1. The van der Waals surface area contributed by atoms with E-state index in [4.69, 9.17) is 0 Å². The summed E-state index contributed by atoms with van der Waals surface area (Å²) >= 11 is 1.68. The molecule has 0 unspecified atom stereocenters. The van der Waals surface area contributed by atoms with Crippen LogP contribution >= 0.6 is 11.3 Å². The molecule has 1 rings (SSSR count). The van der Waals surface area contributed by atoms with E-state index < -0.39 is 0 Å². The average molecular weight is 212 g/mol. The Hall–Kier alpha value is -0.870. The van der Waals surface area contributed by atoms with Gasteiger partial charge in [-0.05, 0) is 30.5 Å². The van der Waals surface area contributed by atoms with Crippen LogP contribution in [0.25, 0.3) is 0 Å². The number of carbonyl (C=O) groups excluding carboxylic acids is 1. The van der Waals surface area contributed by atoms with Crippen molar-refractivity contribution < 1.29 is 4.79 Å². The van der Waals surface area contributed by atoms with Gasteiger partial charge in [-0.3, -0.25) is 4.79 Å². The van der Waals surface area contributed by atoms with Crippen molar-refractivity contribution in [2.45, 2.75) is 20.4 Å². The summed E-state index contributed by atoms with van der Waals surface area (Å²) in [6.07, 6.45) is 0. The van der Waals surface area contributed by atoms with Crippen molar-refractivity contribution in [2.24, 2.45) is 0 Å². The molecule has 0 aromatic carbocycles. The van der Waals surface area contributed by atoms with E-state index in [-0.39, 0.29) is 5.91 Å². The van der Waals surface area contributed by atoms with Crippen LogP contribution in [0.15, 0.2) is 11.4 Å². The molecule has 0 bridgehead atoms. The summed E-state index contributed by atoms with van der Waals surface area (Å²) < 4.78 is 0. The first-order chi connectivity index (χ1) is 6.74. The predicted molar refractivity (Wildman–Crippen MR) is 59.4 cm³/mol. The van der Waals surface area contributed by atoms with Crippen LogP contribution in [0.5, 0.6) is 0 Å². The second-order valence-corrected chi connectivity index (χ2v) is 4.08. The van der Waals surface area contributed by atoms with Gasteiger partial charge in [0.05, 0.1) is 13.1 Å². The van der Waals surface area contributed by atoms with Crippen molar-refractivity contribution in [2.75, 3.05) is 13.1 Å². The average Bonchev–Trinajstić information content (AvgIpc) is 2.58. The van der Waals surface area contributed by atoms with Gasteiger partial charge in [-0.1, -0.05) is 6.92 Å². The maximum atomic E-state index is 11.2. The SMILES string of the molecule is CCNCC(=O)NCc1sccc1C. The molecule has 0 aliphatic rings. The first kappa shape index (κ1) is 11.2. The zero-order valence-corrected chi connectivity index (χ0v) is 9.41. The molecule has 0 saturated heterocycles. The third kappa shape index (κ3) is 3.47. The second kappa shape index (κ2) is 5.78. The third-order valence-corrected chi connectivity index (χ3v) is 2.97. The molecular weight excluding hydrogens is 196 g/mol. The lowest BCUT2D eigenvalue weighted by Crippen LogP contribution is -2.33. The molecule has 0 spiro atoms. The van der Waals surface area contributed by atoms with Crippen LogP contribution < -0.4 is 10.6 Å². The Morgan fingerprint density at radius 2 is 2.36 bits per heavy atom. The van der Waals surface area contributed by atoms with Gasteiger partial charge in [-0.15, -0.1) is 11.3 Å². The van der Waals surface area contributed by atoms with E-state index in [9.17, 15) is 4.79 Å².